The lowest BCUT2D eigenvalue weighted by molar-refractivity contribution is -0.133. The summed E-state index contributed by atoms with van der Waals surface area (Å²) in [6, 6.07) is 10.6. The summed E-state index contributed by atoms with van der Waals surface area (Å²) in [6.45, 7) is 7.81. The number of nitrogens with zero attached hydrogens (tertiary/aromatic N) is 1. The Morgan fingerprint density at radius 1 is 1.27 bits per heavy atom. The van der Waals surface area contributed by atoms with E-state index in [0.29, 0.717) is 18.5 Å². The molecule has 1 amide bonds. The summed E-state index contributed by atoms with van der Waals surface area (Å²) in [5.74, 6) is 0.886. The maximum absolute atomic E-state index is 12.7. The zero-order valence-corrected chi connectivity index (χ0v) is 14.2. The molecule has 3 nitrogen and oxygen atoms in total. The van der Waals surface area contributed by atoms with E-state index in [2.05, 4.69) is 31.3 Å². The lowest BCUT2D eigenvalue weighted by Crippen LogP contribution is -2.50. The van der Waals surface area contributed by atoms with E-state index in [4.69, 9.17) is 0 Å². The molecular formula is C19H30N2O. The van der Waals surface area contributed by atoms with Crippen LogP contribution >= 0.6 is 0 Å². The van der Waals surface area contributed by atoms with Gasteiger partial charge in [0, 0.05) is 19.1 Å². The molecule has 1 aromatic rings. The minimum Gasteiger partial charge on any atom is -0.337 e. The Morgan fingerprint density at radius 3 is 2.59 bits per heavy atom. The molecule has 3 heteroatoms. The van der Waals surface area contributed by atoms with Gasteiger partial charge in [-0.1, -0.05) is 50.1 Å². The highest BCUT2D eigenvalue weighted by molar-refractivity contribution is 5.81. The van der Waals surface area contributed by atoms with E-state index in [1.807, 2.05) is 30.0 Å². The van der Waals surface area contributed by atoms with Gasteiger partial charge in [0.2, 0.25) is 5.91 Å². The summed E-state index contributed by atoms with van der Waals surface area (Å²) < 4.78 is 0. The number of carbonyl (C=O) groups is 1. The van der Waals surface area contributed by atoms with Crippen molar-refractivity contribution in [3.63, 3.8) is 0 Å². The summed E-state index contributed by atoms with van der Waals surface area (Å²) in [6.07, 6.45) is 5.09. The summed E-state index contributed by atoms with van der Waals surface area (Å²) in [7, 11) is 0. The number of rotatable bonds is 6. The van der Waals surface area contributed by atoms with Crippen LogP contribution in [-0.2, 0) is 11.3 Å². The molecule has 3 unspecified atom stereocenters. The van der Waals surface area contributed by atoms with Crippen molar-refractivity contribution in [2.75, 3.05) is 6.54 Å². The summed E-state index contributed by atoms with van der Waals surface area (Å²) in [5.41, 5.74) is 1.19. The monoisotopic (exact) mass is 302 g/mol. The Kier molecular flexibility index (Phi) is 6.44. The molecule has 0 bridgehead atoms. The number of carbonyl (C=O) groups excluding carboxylic acids is 1. The van der Waals surface area contributed by atoms with Crippen LogP contribution in [0.3, 0.4) is 0 Å². The molecule has 0 radical (unpaired) electrons. The third-order valence-electron chi connectivity index (χ3n) is 4.86. The number of nitrogens with one attached hydrogen (secondary N) is 1. The van der Waals surface area contributed by atoms with Crippen LogP contribution in [0, 0.1) is 5.92 Å². The van der Waals surface area contributed by atoms with Crippen LogP contribution in [0.5, 0.6) is 0 Å². The molecule has 0 heterocycles. The van der Waals surface area contributed by atoms with Gasteiger partial charge in [0.25, 0.3) is 0 Å². The lowest BCUT2D eigenvalue weighted by Gasteiger charge is -2.33. The smallest absolute Gasteiger partial charge is 0.239 e. The van der Waals surface area contributed by atoms with Crippen molar-refractivity contribution in [3.05, 3.63) is 35.9 Å². The van der Waals surface area contributed by atoms with E-state index in [1.54, 1.807) is 0 Å². The van der Waals surface area contributed by atoms with E-state index in [-0.39, 0.29) is 11.9 Å². The van der Waals surface area contributed by atoms with Crippen molar-refractivity contribution in [1.29, 1.82) is 0 Å². The van der Waals surface area contributed by atoms with Crippen molar-refractivity contribution in [1.82, 2.24) is 10.2 Å². The fourth-order valence-corrected chi connectivity index (χ4v) is 3.38. The van der Waals surface area contributed by atoms with Crippen LogP contribution in [-0.4, -0.2) is 29.4 Å². The molecule has 1 aromatic carbocycles. The first-order valence-electron chi connectivity index (χ1n) is 8.70. The zero-order chi connectivity index (χ0) is 15.9. The zero-order valence-electron chi connectivity index (χ0n) is 14.2. The maximum Gasteiger partial charge on any atom is 0.239 e. The van der Waals surface area contributed by atoms with Gasteiger partial charge in [-0.2, -0.15) is 0 Å². The van der Waals surface area contributed by atoms with Crippen LogP contribution in [0.25, 0.3) is 0 Å². The first-order valence-corrected chi connectivity index (χ1v) is 8.70. The van der Waals surface area contributed by atoms with Crippen LogP contribution in [0.4, 0.5) is 0 Å². The van der Waals surface area contributed by atoms with Gasteiger partial charge in [0.15, 0.2) is 0 Å². The van der Waals surface area contributed by atoms with Crippen LogP contribution < -0.4 is 5.32 Å². The highest BCUT2D eigenvalue weighted by Gasteiger charge is 2.26. The molecule has 1 N–H and O–H groups in total. The number of amides is 1. The second kappa shape index (κ2) is 8.33. The highest BCUT2D eigenvalue weighted by atomic mass is 16.2. The molecule has 1 aliphatic rings. The Morgan fingerprint density at radius 2 is 1.95 bits per heavy atom. The third-order valence-corrected chi connectivity index (χ3v) is 4.86. The van der Waals surface area contributed by atoms with Gasteiger partial charge in [-0.05, 0) is 38.2 Å². The molecular weight excluding hydrogens is 272 g/mol. The summed E-state index contributed by atoms with van der Waals surface area (Å²) in [5, 5.41) is 3.58. The SMILES string of the molecule is CCN(Cc1ccccc1)C(=O)C(C)NC1CCCCC1C. The van der Waals surface area contributed by atoms with Gasteiger partial charge in [0.05, 0.1) is 6.04 Å². The van der Waals surface area contributed by atoms with E-state index in [0.717, 1.165) is 6.54 Å². The van der Waals surface area contributed by atoms with Gasteiger partial charge >= 0.3 is 0 Å². The Bertz CT molecular complexity index is 460. The van der Waals surface area contributed by atoms with Crippen LogP contribution in [0.15, 0.2) is 30.3 Å². The molecule has 3 atom stereocenters. The topological polar surface area (TPSA) is 32.3 Å². The minimum absolute atomic E-state index is 0.103. The molecule has 1 fully saturated rings. The molecule has 1 saturated carbocycles. The molecule has 0 aromatic heterocycles. The summed E-state index contributed by atoms with van der Waals surface area (Å²) in [4.78, 5) is 14.7. The van der Waals surface area contributed by atoms with Crippen molar-refractivity contribution in [2.24, 2.45) is 5.92 Å². The first-order chi connectivity index (χ1) is 10.6. The van der Waals surface area contributed by atoms with Crippen molar-refractivity contribution in [3.8, 4) is 0 Å². The molecule has 0 spiro atoms. The number of hydrogen-bond acceptors (Lipinski definition) is 2. The van der Waals surface area contributed by atoms with Crippen LogP contribution in [0.1, 0.15) is 52.0 Å². The largest absolute Gasteiger partial charge is 0.337 e. The quantitative estimate of drug-likeness (QED) is 0.871. The molecule has 22 heavy (non-hydrogen) atoms. The summed E-state index contributed by atoms with van der Waals surface area (Å²) >= 11 is 0. The van der Waals surface area contributed by atoms with Crippen LogP contribution in [0.2, 0.25) is 0 Å². The Labute approximate surface area is 135 Å². The predicted octanol–water partition coefficient (Wildman–Crippen LogP) is 3.59. The standard InChI is InChI=1S/C19H30N2O/c1-4-21(14-17-11-6-5-7-12-17)19(22)16(3)20-18-13-9-8-10-15(18)2/h5-7,11-12,15-16,18,20H,4,8-10,13-14H2,1-3H3. The molecule has 122 valence electrons. The number of likely N-dealkylation sites (N-methyl/N-ethyl adjacent to an activating group) is 1. The average molecular weight is 302 g/mol. The third kappa shape index (κ3) is 4.57. The van der Waals surface area contributed by atoms with Gasteiger partial charge < -0.3 is 10.2 Å². The molecule has 2 rings (SSSR count). The van der Waals surface area contributed by atoms with Gasteiger partial charge in [-0.25, -0.2) is 0 Å². The first kappa shape index (κ1) is 17.0. The second-order valence-electron chi connectivity index (χ2n) is 6.59. The fourth-order valence-electron chi connectivity index (χ4n) is 3.38. The molecule has 1 aliphatic carbocycles. The Balaban J connectivity index is 1.92. The highest BCUT2D eigenvalue weighted by Crippen LogP contribution is 2.24. The van der Waals surface area contributed by atoms with Gasteiger partial charge in [0.1, 0.15) is 0 Å². The van der Waals surface area contributed by atoms with E-state index in [1.165, 1.54) is 31.2 Å². The second-order valence-corrected chi connectivity index (χ2v) is 6.59. The van der Waals surface area contributed by atoms with Gasteiger partial charge in [-0.15, -0.1) is 0 Å². The fraction of sp³-hybridized carbons (Fsp3) is 0.632. The average Bonchev–Trinajstić information content (AvgIpc) is 2.55. The van der Waals surface area contributed by atoms with Crippen molar-refractivity contribution in [2.45, 2.75) is 65.1 Å². The van der Waals surface area contributed by atoms with Gasteiger partial charge in [-0.3, -0.25) is 4.79 Å². The van der Waals surface area contributed by atoms with E-state index in [9.17, 15) is 4.79 Å². The number of benzene rings is 1. The predicted molar refractivity (Wildman–Crippen MR) is 91.6 cm³/mol. The lowest BCUT2D eigenvalue weighted by atomic mass is 9.85. The van der Waals surface area contributed by atoms with E-state index >= 15 is 0 Å². The van der Waals surface area contributed by atoms with Crippen molar-refractivity contribution < 1.29 is 4.79 Å². The van der Waals surface area contributed by atoms with E-state index < -0.39 is 0 Å². The maximum atomic E-state index is 12.7. The molecule has 0 aliphatic heterocycles. The minimum atomic E-state index is -0.103. The Hall–Kier alpha value is -1.35. The normalized spacial score (nSPS) is 23.0. The van der Waals surface area contributed by atoms with Crippen molar-refractivity contribution >= 4 is 5.91 Å². The number of hydrogen-bond donors (Lipinski definition) is 1. The molecule has 0 saturated heterocycles.